The van der Waals surface area contributed by atoms with E-state index in [1.807, 2.05) is 36.1 Å². The summed E-state index contributed by atoms with van der Waals surface area (Å²) < 4.78 is 2.76. The van der Waals surface area contributed by atoms with Crippen LogP contribution in [0.3, 0.4) is 0 Å². The highest BCUT2D eigenvalue weighted by Gasteiger charge is 2.17. The van der Waals surface area contributed by atoms with Gasteiger partial charge in [0.25, 0.3) is 5.91 Å². The molecule has 2 amide bonds. The molecule has 0 radical (unpaired) electrons. The molecular weight excluding hydrogens is 408 g/mol. The van der Waals surface area contributed by atoms with Crippen molar-refractivity contribution in [3.8, 4) is 5.69 Å². The molecular formula is C20H25BrN4O2. The number of halogens is 1. The fourth-order valence-electron chi connectivity index (χ4n) is 3.32. The molecule has 0 unspecified atom stereocenters. The fourth-order valence-corrected chi connectivity index (χ4v) is 3.58. The van der Waals surface area contributed by atoms with Crippen molar-refractivity contribution in [3.05, 3.63) is 46.2 Å². The van der Waals surface area contributed by atoms with E-state index in [0.717, 1.165) is 48.1 Å². The summed E-state index contributed by atoms with van der Waals surface area (Å²) in [5.41, 5.74) is 2.29. The summed E-state index contributed by atoms with van der Waals surface area (Å²) in [6.07, 6.45) is 6.21. The summed E-state index contributed by atoms with van der Waals surface area (Å²) in [5.74, 6) is 0.114. The lowest BCUT2D eigenvalue weighted by Gasteiger charge is -2.20. The molecule has 1 aliphatic rings. The van der Waals surface area contributed by atoms with Gasteiger partial charge in [-0.3, -0.25) is 9.59 Å². The Morgan fingerprint density at radius 2 is 2.00 bits per heavy atom. The van der Waals surface area contributed by atoms with Crippen molar-refractivity contribution in [2.75, 3.05) is 19.6 Å². The van der Waals surface area contributed by atoms with Crippen molar-refractivity contribution in [3.63, 3.8) is 0 Å². The molecule has 144 valence electrons. The Kier molecular flexibility index (Phi) is 6.66. The largest absolute Gasteiger partial charge is 0.352 e. The molecule has 1 aliphatic heterocycles. The number of benzene rings is 1. The second-order valence-corrected chi connectivity index (χ2v) is 7.75. The van der Waals surface area contributed by atoms with Crippen LogP contribution >= 0.6 is 15.9 Å². The number of nitrogens with one attached hydrogen (secondary N) is 1. The number of amides is 2. The van der Waals surface area contributed by atoms with Gasteiger partial charge in [-0.25, -0.2) is 4.68 Å². The van der Waals surface area contributed by atoms with Crippen LogP contribution in [0.15, 0.2) is 34.9 Å². The Bertz CT molecular complexity index is 801. The summed E-state index contributed by atoms with van der Waals surface area (Å²) in [6, 6.07) is 7.79. The van der Waals surface area contributed by atoms with Crippen LogP contribution in [0.1, 0.15) is 48.2 Å². The minimum Gasteiger partial charge on any atom is -0.352 e. The zero-order valence-corrected chi connectivity index (χ0v) is 17.2. The third-order valence-electron chi connectivity index (χ3n) is 4.89. The van der Waals surface area contributed by atoms with Gasteiger partial charge in [0, 0.05) is 30.5 Å². The minimum atomic E-state index is -0.127. The van der Waals surface area contributed by atoms with Crippen LogP contribution in [0.4, 0.5) is 0 Å². The molecule has 0 aliphatic carbocycles. The predicted molar refractivity (Wildman–Crippen MR) is 108 cm³/mol. The Hall–Kier alpha value is -2.15. The van der Waals surface area contributed by atoms with Gasteiger partial charge in [-0.15, -0.1) is 0 Å². The molecule has 0 atom stereocenters. The molecule has 3 rings (SSSR count). The second-order valence-electron chi connectivity index (χ2n) is 6.83. The van der Waals surface area contributed by atoms with Gasteiger partial charge < -0.3 is 10.2 Å². The normalized spacial score (nSPS) is 14.9. The van der Waals surface area contributed by atoms with Gasteiger partial charge in [-0.1, -0.05) is 22.4 Å². The van der Waals surface area contributed by atoms with E-state index in [4.69, 9.17) is 0 Å². The molecule has 2 heterocycles. The van der Waals surface area contributed by atoms with Crippen molar-refractivity contribution in [2.45, 2.75) is 39.0 Å². The van der Waals surface area contributed by atoms with E-state index in [2.05, 4.69) is 26.3 Å². The molecule has 2 aromatic rings. The summed E-state index contributed by atoms with van der Waals surface area (Å²) in [6.45, 7) is 3.98. The summed E-state index contributed by atoms with van der Waals surface area (Å²) in [5, 5.41) is 7.29. The highest BCUT2D eigenvalue weighted by Crippen LogP contribution is 2.17. The highest BCUT2D eigenvalue weighted by molar-refractivity contribution is 9.10. The molecule has 0 spiro atoms. The summed E-state index contributed by atoms with van der Waals surface area (Å²) in [4.78, 5) is 26.4. The molecule has 27 heavy (non-hydrogen) atoms. The topological polar surface area (TPSA) is 67.2 Å². The van der Waals surface area contributed by atoms with Crippen LogP contribution in [0.5, 0.6) is 0 Å². The van der Waals surface area contributed by atoms with E-state index in [0.29, 0.717) is 25.1 Å². The third-order valence-corrected chi connectivity index (χ3v) is 5.42. The highest BCUT2D eigenvalue weighted by atomic mass is 79.9. The first-order valence-corrected chi connectivity index (χ1v) is 10.2. The maximum Gasteiger partial charge on any atom is 0.254 e. The molecule has 0 saturated carbocycles. The quantitative estimate of drug-likeness (QED) is 0.710. The summed E-state index contributed by atoms with van der Waals surface area (Å²) in [7, 11) is 0. The van der Waals surface area contributed by atoms with Crippen molar-refractivity contribution in [1.82, 2.24) is 20.0 Å². The Balaban J connectivity index is 1.52. The molecule has 1 aromatic heterocycles. The number of carbonyl (C=O) groups is 2. The molecule has 0 bridgehead atoms. The molecule has 1 aromatic carbocycles. The monoisotopic (exact) mass is 432 g/mol. The third kappa shape index (κ3) is 4.97. The number of aromatic nitrogens is 2. The fraction of sp³-hybridized carbons (Fsp3) is 0.450. The lowest BCUT2D eigenvalue weighted by atomic mass is 10.2. The van der Waals surface area contributed by atoms with Gasteiger partial charge in [0.05, 0.1) is 23.1 Å². The van der Waals surface area contributed by atoms with Gasteiger partial charge in [-0.2, -0.15) is 5.10 Å². The molecule has 6 nitrogen and oxygen atoms in total. The Morgan fingerprint density at radius 1 is 1.22 bits per heavy atom. The van der Waals surface area contributed by atoms with Gasteiger partial charge in [0.2, 0.25) is 5.91 Å². The maximum atomic E-state index is 12.5. The van der Waals surface area contributed by atoms with E-state index < -0.39 is 0 Å². The Labute approximate surface area is 168 Å². The number of nitrogens with zero attached hydrogens (tertiary/aromatic N) is 3. The van der Waals surface area contributed by atoms with E-state index in [1.54, 1.807) is 10.9 Å². The first-order chi connectivity index (χ1) is 13.1. The first-order valence-electron chi connectivity index (χ1n) is 9.43. The van der Waals surface area contributed by atoms with E-state index in [1.165, 1.54) is 0 Å². The van der Waals surface area contributed by atoms with E-state index >= 15 is 0 Å². The number of rotatable bonds is 6. The van der Waals surface area contributed by atoms with Gasteiger partial charge in [-0.05, 0) is 50.5 Å². The zero-order valence-electron chi connectivity index (χ0n) is 15.6. The van der Waals surface area contributed by atoms with Crippen molar-refractivity contribution in [1.29, 1.82) is 0 Å². The lowest BCUT2D eigenvalue weighted by Crippen LogP contribution is -2.34. The Morgan fingerprint density at radius 3 is 2.78 bits per heavy atom. The lowest BCUT2D eigenvalue weighted by molar-refractivity contribution is -0.130. The van der Waals surface area contributed by atoms with Gasteiger partial charge in [0.15, 0.2) is 0 Å². The zero-order chi connectivity index (χ0) is 19.2. The minimum absolute atomic E-state index is 0.127. The maximum absolute atomic E-state index is 12.5. The number of hydrogen-bond donors (Lipinski definition) is 1. The van der Waals surface area contributed by atoms with Crippen LogP contribution in [0.25, 0.3) is 5.69 Å². The standard InChI is InChI=1S/C20H25BrN4O2/c1-15-18(14-23-25(15)17-9-7-16(21)8-10-17)20(27)22-11-5-13-24-12-4-2-3-6-19(24)26/h7-10,14H,2-6,11-13H2,1H3,(H,22,27). The number of carbonyl (C=O) groups excluding carboxylic acids is 2. The number of hydrogen-bond acceptors (Lipinski definition) is 3. The average Bonchev–Trinajstić information content (AvgIpc) is 2.92. The van der Waals surface area contributed by atoms with Gasteiger partial charge >= 0.3 is 0 Å². The smallest absolute Gasteiger partial charge is 0.254 e. The molecule has 7 heteroatoms. The van der Waals surface area contributed by atoms with E-state index in [-0.39, 0.29) is 11.8 Å². The van der Waals surface area contributed by atoms with Crippen LogP contribution in [-0.4, -0.2) is 46.1 Å². The first kappa shape index (κ1) is 19.6. The molecule has 1 N–H and O–H groups in total. The van der Waals surface area contributed by atoms with Crippen molar-refractivity contribution >= 4 is 27.7 Å². The second kappa shape index (κ2) is 9.17. The van der Waals surface area contributed by atoms with Crippen LogP contribution in [0, 0.1) is 6.92 Å². The van der Waals surface area contributed by atoms with Gasteiger partial charge in [0.1, 0.15) is 0 Å². The average molecular weight is 433 g/mol. The molecule has 1 fully saturated rings. The van der Waals surface area contributed by atoms with Crippen molar-refractivity contribution < 1.29 is 9.59 Å². The van der Waals surface area contributed by atoms with Crippen LogP contribution in [0.2, 0.25) is 0 Å². The predicted octanol–water partition coefficient (Wildman–Crippen LogP) is 3.47. The summed E-state index contributed by atoms with van der Waals surface area (Å²) >= 11 is 3.42. The molecule has 1 saturated heterocycles. The number of likely N-dealkylation sites (tertiary alicyclic amines) is 1. The van der Waals surface area contributed by atoms with E-state index in [9.17, 15) is 9.59 Å². The van der Waals surface area contributed by atoms with Crippen molar-refractivity contribution in [2.24, 2.45) is 0 Å². The van der Waals surface area contributed by atoms with Crippen LogP contribution in [-0.2, 0) is 4.79 Å². The van der Waals surface area contributed by atoms with Crippen LogP contribution < -0.4 is 5.32 Å². The SMILES string of the molecule is Cc1c(C(=O)NCCCN2CCCCCC2=O)cnn1-c1ccc(Br)cc1.